The van der Waals surface area contributed by atoms with Crippen LogP contribution in [0, 0.1) is 0 Å². The Morgan fingerprint density at radius 2 is 1.72 bits per heavy atom. The smallest absolute Gasteiger partial charge is 0.354 e. The van der Waals surface area contributed by atoms with E-state index in [0.717, 1.165) is 49.2 Å². The number of nitrogens with zero attached hydrogens (tertiary/aromatic N) is 5. The fourth-order valence-corrected chi connectivity index (χ4v) is 5.47. The third-order valence-corrected chi connectivity index (χ3v) is 7.70. The zero-order chi connectivity index (χ0) is 25.5. The summed E-state index contributed by atoms with van der Waals surface area (Å²) >= 11 is 0. The van der Waals surface area contributed by atoms with Crippen LogP contribution in [0.4, 0.5) is 19.0 Å². The number of aromatic nitrogens is 3. The van der Waals surface area contributed by atoms with E-state index in [0.29, 0.717) is 37.9 Å². The first-order valence-electron chi connectivity index (χ1n) is 12.4. The summed E-state index contributed by atoms with van der Waals surface area (Å²) in [7, 11) is 0. The van der Waals surface area contributed by atoms with E-state index >= 15 is 0 Å². The number of H-pyrrole nitrogens is 1. The van der Waals surface area contributed by atoms with E-state index in [1.165, 1.54) is 11.6 Å². The summed E-state index contributed by atoms with van der Waals surface area (Å²) in [6.45, 7) is 7.86. The molecule has 192 valence electrons. The van der Waals surface area contributed by atoms with Crippen LogP contribution in [-0.4, -0.2) is 75.5 Å². The largest absolute Gasteiger partial charge is 0.417 e. The number of piperazine rings is 1. The molecule has 0 atom stereocenters. The minimum atomic E-state index is -4.39. The minimum Gasteiger partial charge on any atom is -0.354 e. The molecule has 5 heterocycles. The Balaban J connectivity index is 1.17. The monoisotopic (exact) mass is 500 g/mol. The van der Waals surface area contributed by atoms with E-state index < -0.39 is 17.3 Å². The maximum atomic E-state index is 13.5. The standard InChI is InChI=1S/C26H31F3N6O/c1-25(2,35-14-12-33(13-15-35)22-6-5-19(16-31-22)26(27,28)29)24(36)34-10-7-18(8-11-34)21-17-32-23-20(21)4-3-9-30-23/h3-6,9,16-18H,7-8,10-15H2,1-2H3,(H,30,32). The number of carbonyl (C=O) groups excluding carboxylic acids is 1. The van der Waals surface area contributed by atoms with Crippen molar-refractivity contribution >= 4 is 22.8 Å². The maximum Gasteiger partial charge on any atom is 0.417 e. The molecule has 0 aliphatic carbocycles. The van der Waals surface area contributed by atoms with Crippen molar-refractivity contribution in [3.8, 4) is 0 Å². The molecule has 1 amide bonds. The second-order valence-electron chi connectivity index (χ2n) is 10.1. The van der Waals surface area contributed by atoms with E-state index in [1.54, 1.807) is 6.20 Å². The molecular weight excluding hydrogens is 469 g/mol. The zero-order valence-electron chi connectivity index (χ0n) is 20.6. The molecule has 0 radical (unpaired) electrons. The van der Waals surface area contributed by atoms with Gasteiger partial charge in [0, 0.05) is 63.2 Å². The molecule has 0 unspecified atom stereocenters. The number of carbonyl (C=O) groups is 1. The van der Waals surface area contributed by atoms with Gasteiger partial charge in [-0.3, -0.25) is 9.69 Å². The van der Waals surface area contributed by atoms with Gasteiger partial charge in [-0.1, -0.05) is 0 Å². The molecule has 2 aliphatic rings. The van der Waals surface area contributed by atoms with Crippen LogP contribution >= 0.6 is 0 Å². The molecule has 10 heteroatoms. The number of hydrogen-bond acceptors (Lipinski definition) is 5. The highest BCUT2D eigenvalue weighted by atomic mass is 19.4. The molecule has 7 nitrogen and oxygen atoms in total. The van der Waals surface area contributed by atoms with Crippen LogP contribution in [0.1, 0.15) is 43.7 Å². The van der Waals surface area contributed by atoms with Gasteiger partial charge in [0.05, 0.1) is 11.1 Å². The number of pyridine rings is 2. The third-order valence-electron chi connectivity index (χ3n) is 7.70. The molecule has 5 rings (SSSR count). The van der Waals surface area contributed by atoms with Gasteiger partial charge in [0.1, 0.15) is 11.5 Å². The first kappa shape index (κ1) is 24.5. The van der Waals surface area contributed by atoms with E-state index in [2.05, 4.69) is 32.1 Å². The number of anilines is 1. The molecule has 2 aliphatic heterocycles. The van der Waals surface area contributed by atoms with Crippen LogP contribution in [0.25, 0.3) is 11.0 Å². The second kappa shape index (κ2) is 9.38. The first-order chi connectivity index (χ1) is 17.1. The van der Waals surface area contributed by atoms with Crippen molar-refractivity contribution in [3.63, 3.8) is 0 Å². The number of amides is 1. The Labute approximate surface area is 208 Å². The number of nitrogens with one attached hydrogen (secondary N) is 1. The van der Waals surface area contributed by atoms with Gasteiger partial charge in [-0.15, -0.1) is 0 Å². The molecule has 1 N–H and O–H groups in total. The van der Waals surface area contributed by atoms with Crippen LogP contribution in [0.15, 0.2) is 42.9 Å². The molecule has 2 fully saturated rings. The summed E-state index contributed by atoms with van der Waals surface area (Å²) in [6.07, 6.45) is 2.15. The summed E-state index contributed by atoms with van der Waals surface area (Å²) in [5.74, 6) is 1.05. The molecule has 0 aromatic carbocycles. The van der Waals surface area contributed by atoms with Gasteiger partial charge in [0.15, 0.2) is 0 Å². The van der Waals surface area contributed by atoms with Crippen molar-refractivity contribution in [2.45, 2.75) is 44.3 Å². The van der Waals surface area contributed by atoms with Crippen LogP contribution in [-0.2, 0) is 11.0 Å². The highest BCUT2D eigenvalue weighted by Crippen LogP contribution is 2.34. The van der Waals surface area contributed by atoms with Gasteiger partial charge in [-0.2, -0.15) is 13.2 Å². The zero-order valence-corrected chi connectivity index (χ0v) is 20.6. The molecule has 0 saturated carbocycles. The maximum absolute atomic E-state index is 13.5. The number of likely N-dealkylation sites (tertiary alicyclic amines) is 1. The topological polar surface area (TPSA) is 68.4 Å². The van der Waals surface area contributed by atoms with Crippen molar-refractivity contribution in [2.75, 3.05) is 44.2 Å². The Morgan fingerprint density at radius 1 is 1.00 bits per heavy atom. The Kier molecular flexibility index (Phi) is 6.40. The molecule has 3 aromatic heterocycles. The molecule has 36 heavy (non-hydrogen) atoms. The lowest BCUT2D eigenvalue weighted by Gasteiger charge is -2.46. The molecular formula is C26H31F3N6O. The lowest BCUT2D eigenvalue weighted by molar-refractivity contribution is -0.144. The number of alkyl halides is 3. The number of aromatic amines is 1. The molecule has 0 spiro atoms. The summed E-state index contributed by atoms with van der Waals surface area (Å²) in [5.41, 5.74) is 0.772. The summed E-state index contributed by atoms with van der Waals surface area (Å²) in [6, 6.07) is 6.53. The van der Waals surface area contributed by atoms with Crippen LogP contribution in [0.3, 0.4) is 0 Å². The van der Waals surface area contributed by atoms with E-state index in [-0.39, 0.29) is 5.91 Å². The van der Waals surface area contributed by atoms with Gasteiger partial charge in [-0.05, 0) is 62.4 Å². The van der Waals surface area contributed by atoms with Gasteiger partial charge >= 0.3 is 6.18 Å². The Morgan fingerprint density at radius 3 is 2.36 bits per heavy atom. The Bertz CT molecular complexity index is 1210. The van der Waals surface area contributed by atoms with Crippen molar-refractivity contribution < 1.29 is 18.0 Å². The quantitative estimate of drug-likeness (QED) is 0.579. The highest BCUT2D eigenvalue weighted by molar-refractivity contribution is 5.86. The molecule has 2 saturated heterocycles. The van der Waals surface area contributed by atoms with Gasteiger partial charge in [0.2, 0.25) is 5.91 Å². The lowest BCUT2D eigenvalue weighted by Crippen LogP contribution is -2.62. The van der Waals surface area contributed by atoms with E-state index in [9.17, 15) is 18.0 Å². The predicted octanol–water partition coefficient (Wildman–Crippen LogP) is 4.28. The summed E-state index contributed by atoms with van der Waals surface area (Å²) in [4.78, 5) is 31.3. The van der Waals surface area contributed by atoms with E-state index in [4.69, 9.17) is 0 Å². The fourth-order valence-electron chi connectivity index (χ4n) is 5.47. The van der Waals surface area contributed by atoms with Gasteiger partial charge < -0.3 is 14.8 Å². The average Bonchev–Trinajstić information content (AvgIpc) is 3.32. The van der Waals surface area contributed by atoms with Gasteiger partial charge in [-0.25, -0.2) is 9.97 Å². The highest BCUT2D eigenvalue weighted by Gasteiger charge is 2.40. The van der Waals surface area contributed by atoms with Crippen LogP contribution in [0.5, 0.6) is 0 Å². The molecule has 3 aromatic rings. The summed E-state index contributed by atoms with van der Waals surface area (Å²) < 4.78 is 38.5. The average molecular weight is 501 g/mol. The first-order valence-corrected chi connectivity index (χ1v) is 12.4. The second-order valence-corrected chi connectivity index (χ2v) is 10.1. The van der Waals surface area contributed by atoms with E-state index in [1.807, 2.05) is 29.7 Å². The minimum absolute atomic E-state index is 0.127. The fraction of sp³-hybridized carbons (Fsp3) is 0.500. The number of rotatable bonds is 4. The lowest BCUT2D eigenvalue weighted by atomic mass is 9.88. The number of piperidine rings is 1. The Hall–Kier alpha value is -3.14. The normalized spacial score (nSPS) is 18.7. The molecule has 0 bridgehead atoms. The van der Waals surface area contributed by atoms with Crippen LogP contribution in [0.2, 0.25) is 0 Å². The van der Waals surface area contributed by atoms with Crippen molar-refractivity contribution in [3.05, 3.63) is 54.0 Å². The SMILES string of the molecule is CC(C)(C(=O)N1CCC(c2c[nH]c3ncccc23)CC1)N1CCN(c2ccc(C(F)(F)F)cn2)CC1. The third kappa shape index (κ3) is 4.66. The van der Waals surface area contributed by atoms with Gasteiger partial charge in [0.25, 0.3) is 0 Å². The van der Waals surface area contributed by atoms with Crippen molar-refractivity contribution in [1.29, 1.82) is 0 Å². The van der Waals surface area contributed by atoms with Crippen molar-refractivity contribution in [1.82, 2.24) is 24.8 Å². The number of fused-ring (bicyclic) bond motifs is 1. The number of hydrogen-bond donors (Lipinski definition) is 1. The van der Waals surface area contributed by atoms with Crippen LogP contribution < -0.4 is 4.90 Å². The van der Waals surface area contributed by atoms with Crippen molar-refractivity contribution in [2.24, 2.45) is 0 Å². The number of halogens is 3. The summed E-state index contributed by atoms with van der Waals surface area (Å²) in [5, 5.41) is 1.16. The predicted molar refractivity (Wildman–Crippen MR) is 132 cm³/mol.